The number of carbonyl (C=O) groups is 2. The summed E-state index contributed by atoms with van der Waals surface area (Å²) in [5.74, 6) is 0.134. The molecule has 2 aromatic carbocycles. The number of hydrogen-bond donors (Lipinski definition) is 1. The third kappa shape index (κ3) is 4.37. The zero-order valence-corrected chi connectivity index (χ0v) is 18.5. The summed E-state index contributed by atoms with van der Waals surface area (Å²) in [5.41, 5.74) is 4.34. The standard InChI is InChI=1S/C27H25N3O3/c1-18-8-10-19(11-9-18)24-17-22(21-5-2-3-6-23(21)29-24)26(31)28-20-12-14-30(15-13-20)27(32)25-7-4-16-33-25/h2-11,16-17,20H,12-15H2,1H3,(H,28,31). The number of hydrogen-bond acceptors (Lipinski definition) is 4. The molecular formula is C27H25N3O3. The summed E-state index contributed by atoms with van der Waals surface area (Å²) < 4.78 is 5.23. The molecule has 1 fully saturated rings. The maximum atomic E-state index is 13.3. The van der Waals surface area contributed by atoms with Crippen molar-refractivity contribution in [1.82, 2.24) is 15.2 Å². The minimum absolute atomic E-state index is 0.00732. The predicted molar refractivity (Wildman–Crippen MR) is 127 cm³/mol. The second kappa shape index (κ2) is 8.90. The number of rotatable bonds is 4. The summed E-state index contributed by atoms with van der Waals surface area (Å²) in [4.78, 5) is 32.4. The van der Waals surface area contributed by atoms with Crippen molar-refractivity contribution in [1.29, 1.82) is 0 Å². The highest BCUT2D eigenvalue weighted by atomic mass is 16.3. The number of benzene rings is 2. The fourth-order valence-electron chi connectivity index (χ4n) is 4.28. The maximum absolute atomic E-state index is 13.3. The van der Waals surface area contributed by atoms with E-state index in [1.54, 1.807) is 17.0 Å². The van der Waals surface area contributed by atoms with Crippen molar-refractivity contribution in [3.8, 4) is 11.3 Å². The molecular weight excluding hydrogens is 414 g/mol. The first-order valence-electron chi connectivity index (χ1n) is 11.2. The first-order chi connectivity index (χ1) is 16.1. The average Bonchev–Trinajstić information content (AvgIpc) is 3.39. The van der Waals surface area contributed by atoms with Gasteiger partial charge in [0, 0.05) is 30.1 Å². The highest BCUT2D eigenvalue weighted by Crippen LogP contribution is 2.26. The zero-order valence-electron chi connectivity index (χ0n) is 18.5. The number of aryl methyl sites for hydroxylation is 1. The molecule has 0 bridgehead atoms. The molecule has 2 aromatic heterocycles. The van der Waals surface area contributed by atoms with E-state index in [0.717, 1.165) is 22.2 Å². The van der Waals surface area contributed by atoms with Crippen molar-refractivity contribution in [2.24, 2.45) is 0 Å². The fraction of sp³-hybridized carbons (Fsp3) is 0.222. The summed E-state index contributed by atoms with van der Waals surface area (Å²) >= 11 is 0. The summed E-state index contributed by atoms with van der Waals surface area (Å²) in [7, 11) is 0. The van der Waals surface area contributed by atoms with Crippen LogP contribution < -0.4 is 5.32 Å². The number of likely N-dealkylation sites (tertiary alicyclic amines) is 1. The monoisotopic (exact) mass is 439 g/mol. The highest BCUT2D eigenvalue weighted by Gasteiger charge is 2.26. The number of pyridine rings is 1. The number of carbonyl (C=O) groups excluding carboxylic acids is 2. The van der Waals surface area contributed by atoms with Crippen molar-refractivity contribution in [3.05, 3.63) is 89.9 Å². The SMILES string of the molecule is Cc1ccc(-c2cc(C(=O)NC3CCN(C(=O)c4ccco4)CC3)c3ccccc3n2)cc1. The number of nitrogens with zero attached hydrogens (tertiary/aromatic N) is 2. The molecule has 1 aliphatic heterocycles. The van der Waals surface area contributed by atoms with Crippen LogP contribution in [-0.2, 0) is 0 Å². The molecule has 166 valence electrons. The van der Waals surface area contributed by atoms with Gasteiger partial charge in [0.25, 0.3) is 11.8 Å². The van der Waals surface area contributed by atoms with E-state index in [9.17, 15) is 9.59 Å². The maximum Gasteiger partial charge on any atom is 0.289 e. The lowest BCUT2D eigenvalue weighted by Gasteiger charge is -2.32. The summed E-state index contributed by atoms with van der Waals surface area (Å²) in [6.45, 7) is 3.20. The van der Waals surface area contributed by atoms with Crippen LogP contribution in [0.15, 0.2) is 77.4 Å². The van der Waals surface area contributed by atoms with Crippen LogP contribution in [0, 0.1) is 6.92 Å². The lowest BCUT2D eigenvalue weighted by atomic mass is 10.0. The van der Waals surface area contributed by atoms with E-state index in [4.69, 9.17) is 9.40 Å². The molecule has 5 rings (SSSR count). The van der Waals surface area contributed by atoms with Crippen molar-refractivity contribution >= 4 is 22.7 Å². The Balaban J connectivity index is 1.34. The number of aromatic nitrogens is 1. The van der Waals surface area contributed by atoms with Gasteiger partial charge in [0.2, 0.25) is 0 Å². The second-order valence-corrected chi connectivity index (χ2v) is 8.46. The van der Waals surface area contributed by atoms with Gasteiger partial charge in [-0.3, -0.25) is 9.59 Å². The van der Waals surface area contributed by atoms with Crippen molar-refractivity contribution in [2.45, 2.75) is 25.8 Å². The van der Waals surface area contributed by atoms with Gasteiger partial charge in [0.15, 0.2) is 5.76 Å². The van der Waals surface area contributed by atoms with Crippen molar-refractivity contribution in [3.63, 3.8) is 0 Å². The molecule has 33 heavy (non-hydrogen) atoms. The van der Waals surface area contributed by atoms with Crippen LogP contribution in [0.3, 0.4) is 0 Å². The number of amides is 2. The molecule has 0 saturated carbocycles. The molecule has 3 heterocycles. The molecule has 4 aromatic rings. The lowest BCUT2D eigenvalue weighted by Crippen LogP contribution is -2.46. The summed E-state index contributed by atoms with van der Waals surface area (Å²) in [5, 5.41) is 4.01. The Kier molecular flexibility index (Phi) is 5.65. The van der Waals surface area contributed by atoms with E-state index in [-0.39, 0.29) is 17.9 Å². The van der Waals surface area contributed by atoms with Gasteiger partial charge in [-0.1, -0.05) is 48.0 Å². The van der Waals surface area contributed by atoms with E-state index in [0.29, 0.717) is 37.3 Å². The topological polar surface area (TPSA) is 75.4 Å². The van der Waals surface area contributed by atoms with Gasteiger partial charge in [-0.2, -0.15) is 0 Å². The van der Waals surface area contributed by atoms with Gasteiger partial charge in [0.05, 0.1) is 23.0 Å². The molecule has 1 saturated heterocycles. The number of piperidine rings is 1. The van der Waals surface area contributed by atoms with Gasteiger partial charge >= 0.3 is 0 Å². The summed E-state index contributed by atoms with van der Waals surface area (Å²) in [6, 6.07) is 21.1. The van der Waals surface area contributed by atoms with Crippen LogP contribution in [0.2, 0.25) is 0 Å². The zero-order chi connectivity index (χ0) is 22.8. The predicted octanol–water partition coefficient (Wildman–Crippen LogP) is 4.84. The second-order valence-electron chi connectivity index (χ2n) is 8.46. The number of nitrogens with one attached hydrogen (secondary N) is 1. The van der Waals surface area contributed by atoms with Gasteiger partial charge in [-0.25, -0.2) is 4.98 Å². The molecule has 6 nitrogen and oxygen atoms in total. The number of fused-ring (bicyclic) bond motifs is 1. The van der Waals surface area contributed by atoms with E-state index in [2.05, 4.69) is 5.32 Å². The van der Waals surface area contributed by atoms with E-state index in [1.165, 1.54) is 11.8 Å². The Bertz CT molecular complexity index is 1290. The largest absolute Gasteiger partial charge is 0.459 e. The first-order valence-corrected chi connectivity index (χ1v) is 11.2. The average molecular weight is 440 g/mol. The smallest absolute Gasteiger partial charge is 0.289 e. The number of para-hydroxylation sites is 1. The first kappa shape index (κ1) is 20.9. The molecule has 2 amide bonds. The van der Waals surface area contributed by atoms with E-state index in [1.807, 2.05) is 61.5 Å². The molecule has 0 atom stereocenters. The normalized spacial score (nSPS) is 14.4. The minimum atomic E-state index is -0.113. The molecule has 0 radical (unpaired) electrons. The Hall–Kier alpha value is -3.93. The van der Waals surface area contributed by atoms with Gasteiger partial charge in [0.1, 0.15) is 0 Å². The third-order valence-corrected chi connectivity index (χ3v) is 6.16. The number of furan rings is 1. The quantitative estimate of drug-likeness (QED) is 0.494. The molecule has 6 heteroatoms. The molecule has 1 N–H and O–H groups in total. The van der Waals surface area contributed by atoms with Crippen LogP contribution in [0.4, 0.5) is 0 Å². The van der Waals surface area contributed by atoms with E-state index < -0.39 is 0 Å². The fourth-order valence-corrected chi connectivity index (χ4v) is 4.28. The lowest BCUT2D eigenvalue weighted by molar-refractivity contribution is 0.0667. The van der Waals surface area contributed by atoms with Crippen molar-refractivity contribution in [2.75, 3.05) is 13.1 Å². The summed E-state index contributed by atoms with van der Waals surface area (Å²) in [6.07, 6.45) is 2.90. The molecule has 0 spiro atoms. The van der Waals surface area contributed by atoms with Crippen LogP contribution in [0.25, 0.3) is 22.2 Å². The van der Waals surface area contributed by atoms with Crippen LogP contribution in [0.5, 0.6) is 0 Å². The third-order valence-electron chi connectivity index (χ3n) is 6.16. The Morgan fingerprint density at radius 3 is 2.48 bits per heavy atom. The highest BCUT2D eigenvalue weighted by molar-refractivity contribution is 6.07. The molecule has 1 aliphatic rings. The molecule has 0 unspecified atom stereocenters. The molecule has 0 aliphatic carbocycles. The van der Waals surface area contributed by atoms with Crippen LogP contribution in [0.1, 0.15) is 39.3 Å². The Morgan fingerprint density at radius 1 is 1.00 bits per heavy atom. The Morgan fingerprint density at radius 2 is 1.76 bits per heavy atom. The van der Waals surface area contributed by atoms with Gasteiger partial charge in [-0.05, 0) is 44.0 Å². The van der Waals surface area contributed by atoms with Crippen LogP contribution >= 0.6 is 0 Å². The van der Waals surface area contributed by atoms with Crippen molar-refractivity contribution < 1.29 is 14.0 Å². The van der Waals surface area contributed by atoms with Gasteiger partial charge in [-0.15, -0.1) is 0 Å². The van der Waals surface area contributed by atoms with Crippen LogP contribution in [-0.4, -0.2) is 40.8 Å². The minimum Gasteiger partial charge on any atom is -0.459 e. The van der Waals surface area contributed by atoms with E-state index >= 15 is 0 Å². The Labute approximate surface area is 192 Å². The van der Waals surface area contributed by atoms with Gasteiger partial charge < -0.3 is 14.6 Å².